The standard InChI is InChI=1S/C11H14Cl2N2/c1-15(7-3-2-4-7)11-6-9(13)8(12)5-10(11)14/h5-7H,2-4,14H2,1H3. The summed E-state index contributed by atoms with van der Waals surface area (Å²) in [7, 11) is 2.06. The molecular formula is C11H14Cl2N2. The van der Waals surface area contributed by atoms with Gasteiger partial charge in [0.05, 0.1) is 21.4 Å². The molecule has 1 saturated carbocycles. The predicted molar refractivity (Wildman–Crippen MR) is 66.9 cm³/mol. The molecule has 0 radical (unpaired) electrons. The molecule has 1 fully saturated rings. The minimum absolute atomic E-state index is 0.514. The summed E-state index contributed by atoms with van der Waals surface area (Å²) in [6.45, 7) is 0. The Balaban J connectivity index is 2.30. The summed E-state index contributed by atoms with van der Waals surface area (Å²) in [6.07, 6.45) is 3.77. The molecule has 0 atom stereocenters. The van der Waals surface area contributed by atoms with Gasteiger partial charge in [0.15, 0.2) is 0 Å². The first-order valence-corrected chi connectivity index (χ1v) is 5.82. The number of nitrogens with zero attached hydrogens (tertiary/aromatic N) is 1. The number of benzene rings is 1. The fraction of sp³-hybridized carbons (Fsp3) is 0.455. The Kier molecular flexibility index (Phi) is 2.98. The summed E-state index contributed by atoms with van der Waals surface area (Å²) >= 11 is 11.9. The van der Waals surface area contributed by atoms with Crippen LogP contribution in [0.15, 0.2) is 12.1 Å². The van der Waals surface area contributed by atoms with E-state index in [1.54, 1.807) is 6.07 Å². The number of nitrogens with two attached hydrogens (primary N) is 1. The highest BCUT2D eigenvalue weighted by atomic mass is 35.5. The van der Waals surface area contributed by atoms with E-state index >= 15 is 0 Å². The molecule has 0 amide bonds. The Labute approximate surface area is 100.0 Å². The maximum atomic E-state index is 5.98. The van der Waals surface area contributed by atoms with Crippen molar-refractivity contribution in [2.75, 3.05) is 17.7 Å². The van der Waals surface area contributed by atoms with Crippen LogP contribution in [0.25, 0.3) is 0 Å². The molecule has 2 rings (SSSR count). The molecule has 0 aromatic heterocycles. The van der Waals surface area contributed by atoms with Crippen molar-refractivity contribution in [3.63, 3.8) is 0 Å². The lowest BCUT2D eigenvalue weighted by atomic mass is 9.91. The van der Waals surface area contributed by atoms with Gasteiger partial charge in [0.1, 0.15) is 0 Å². The quantitative estimate of drug-likeness (QED) is 0.807. The average Bonchev–Trinajstić information content (AvgIpc) is 2.08. The summed E-state index contributed by atoms with van der Waals surface area (Å²) in [4.78, 5) is 2.20. The summed E-state index contributed by atoms with van der Waals surface area (Å²) in [5.74, 6) is 0. The molecule has 0 saturated heterocycles. The largest absolute Gasteiger partial charge is 0.397 e. The number of anilines is 2. The van der Waals surface area contributed by atoms with Crippen molar-refractivity contribution in [3.8, 4) is 0 Å². The minimum Gasteiger partial charge on any atom is -0.397 e. The van der Waals surface area contributed by atoms with Crippen molar-refractivity contribution in [3.05, 3.63) is 22.2 Å². The van der Waals surface area contributed by atoms with Crippen LogP contribution >= 0.6 is 23.2 Å². The second-order valence-electron chi connectivity index (χ2n) is 4.02. The second kappa shape index (κ2) is 4.11. The number of nitrogen functional groups attached to an aromatic ring is 1. The van der Waals surface area contributed by atoms with Crippen molar-refractivity contribution in [1.82, 2.24) is 0 Å². The van der Waals surface area contributed by atoms with E-state index in [1.165, 1.54) is 19.3 Å². The van der Waals surface area contributed by atoms with Gasteiger partial charge in [0.25, 0.3) is 0 Å². The van der Waals surface area contributed by atoms with Crippen molar-refractivity contribution < 1.29 is 0 Å². The van der Waals surface area contributed by atoms with Gasteiger partial charge in [-0.05, 0) is 31.4 Å². The highest BCUT2D eigenvalue weighted by molar-refractivity contribution is 6.42. The van der Waals surface area contributed by atoms with Gasteiger partial charge in [-0.3, -0.25) is 0 Å². The van der Waals surface area contributed by atoms with E-state index in [4.69, 9.17) is 28.9 Å². The zero-order chi connectivity index (χ0) is 11.0. The van der Waals surface area contributed by atoms with Crippen LogP contribution in [-0.2, 0) is 0 Å². The molecule has 2 nitrogen and oxygen atoms in total. The van der Waals surface area contributed by atoms with E-state index in [1.807, 2.05) is 6.07 Å². The van der Waals surface area contributed by atoms with Crippen molar-refractivity contribution in [1.29, 1.82) is 0 Å². The lowest BCUT2D eigenvalue weighted by Gasteiger charge is -2.37. The minimum atomic E-state index is 0.514. The van der Waals surface area contributed by atoms with Crippen LogP contribution in [0.3, 0.4) is 0 Å². The molecule has 1 aromatic carbocycles. The van der Waals surface area contributed by atoms with Gasteiger partial charge in [-0.1, -0.05) is 23.2 Å². The smallest absolute Gasteiger partial charge is 0.0615 e. The van der Waals surface area contributed by atoms with Gasteiger partial charge in [-0.25, -0.2) is 0 Å². The third-order valence-electron chi connectivity index (χ3n) is 3.07. The van der Waals surface area contributed by atoms with Crippen LogP contribution in [0.1, 0.15) is 19.3 Å². The molecule has 1 aromatic rings. The molecule has 82 valence electrons. The van der Waals surface area contributed by atoms with E-state index in [0.29, 0.717) is 21.8 Å². The zero-order valence-corrected chi connectivity index (χ0v) is 10.1. The van der Waals surface area contributed by atoms with Gasteiger partial charge >= 0.3 is 0 Å². The highest BCUT2D eigenvalue weighted by Gasteiger charge is 2.23. The molecule has 0 unspecified atom stereocenters. The number of hydrogen-bond acceptors (Lipinski definition) is 2. The first-order chi connectivity index (χ1) is 7.09. The maximum Gasteiger partial charge on any atom is 0.0615 e. The fourth-order valence-electron chi connectivity index (χ4n) is 1.83. The molecule has 2 N–H and O–H groups in total. The summed E-state index contributed by atoms with van der Waals surface area (Å²) in [6, 6.07) is 4.16. The normalized spacial score (nSPS) is 16.2. The lowest BCUT2D eigenvalue weighted by Crippen LogP contribution is -2.37. The van der Waals surface area contributed by atoms with Crippen molar-refractivity contribution in [2.24, 2.45) is 0 Å². The van der Waals surface area contributed by atoms with E-state index in [2.05, 4.69) is 11.9 Å². The number of hydrogen-bond donors (Lipinski definition) is 1. The van der Waals surface area contributed by atoms with Crippen LogP contribution < -0.4 is 10.6 Å². The highest BCUT2D eigenvalue weighted by Crippen LogP contribution is 2.36. The molecule has 0 heterocycles. The first-order valence-electron chi connectivity index (χ1n) is 5.07. The first kappa shape index (κ1) is 10.9. The van der Waals surface area contributed by atoms with E-state index in [-0.39, 0.29) is 0 Å². The van der Waals surface area contributed by atoms with Crippen LogP contribution in [0, 0.1) is 0 Å². The maximum absolute atomic E-state index is 5.98. The lowest BCUT2D eigenvalue weighted by molar-refractivity contribution is 0.401. The summed E-state index contributed by atoms with van der Waals surface area (Å²) in [5, 5.41) is 1.08. The number of halogens is 2. The Morgan fingerprint density at radius 1 is 1.27 bits per heavy atom. The molecule has 0 aliphatic heterocycles. The van der Waals surface area contributed by atoms with Gasteiger partial charge in [0, 0.05) is 13.1 Å². The Morgan fingerprint density at radius 2 is 1.87 bits per heavy atom. The SMILES string of the molecule is CN(c1cc(Cl)c(Cl)cc1N)C1CCC1. The molecular weight excluding hydrogens is 231 g/mol. The van der Waals surface area contributed by atoms with E-state index in [9.17, 15) is 0 Å². The van der Waals surface area contributed by atoms with Gasteiger partial charge in [-0.15, -0.1) is 0 Å². The zero-order valence-electron chi connectivity index (χ0n) is 8.63. The molecule has 0 spiro atoms. The van der Waals surface area contributed by atoms with Gasteiger partial charge < -0.3 is 10.6 Å². The topological polar surface area (TPSA) is 29.3 Å². The molecule has 0 bridgehead atoms. The number of rotatable bonds is 2. The Morgan fingerprint density at radius 3 is 2.40 bits per heavy atom. The van der Waals surface area contributed by atoms with Crippen LogP contribution in [0.4, 0.5) is 11.4 Å². The Bertz CT molecular complexity index is 375. The average molecular weight is 245 g/mol. The third-order valence-corrected chi connectivity index (χ3v) is 3.79. The van der Waals surface area contributed by atoms with Crippen LogP contribution in [0.5, 0.6) is 0 Å². The van der Waals surface area contributed by atoms with Gasteiger partial charge in [-0.2, -0.15) is 0 Å². The molecule has 4 heteroatoms. The Hall–Kier alpha value is -0.600. The summed E-state index contributed by atoms with van der Waals surface area (Å²) in [5.41, 5.74) is 7.60. The fourth-order valence-corrected chi connectivity index (χ4v) is 2.16. The molecule has 1 aliphatic rings. The van der Waals surface area contributed by atoms with E-state index < -0.39 is 0 Å². The van der Waals surface area contributed by atoms with E-state index in [0.717, 1.165) is 5.69 Å². The molecule has 1 aliphatic carbocycles. The second-order valence-corrected chi connectivity index (χ2v) is 4.84. The van der Waals surface area contributed by atoms with Crippen molar-refractivity contribution >= 4 is 34.6 Å². The molecule has 15 heavy (non-hydrogen) atoms. The van der Waals surface area contributed by atoms with Crippen LogP contribution in [0.2, 0.25) is 10.0 Å². The monoisotopic (exact) mass is 244 g/mol. The third kappa shape index (κ3) is 2.01. The van der Waals surface area contributed by atoms with Crippen LogP contribution in [-0.4, -0.2) is 13.1 Å². The van der Waals surface area contributed by atoms with Crippen molar-refractivity contribution in [2.45, 2.75) is 25.3 Å². The van der Waals surface area contributed by atoms with Gasteiger partial charge in [0.2, 0.25) is 0 Å². The summed E-state index contributed by atoms with van der Waals surface area (Å²) < 4.78 is 0. The predicted octanol–water partition coefficient (Wildman–Crippen LogP) is 3.56.